The summed E-state index contributed by atoms with van der Waals surface area (Å²) >= 11 is 0. The summed E-state index contributed by atoms with van der Waals surface area (Å²) in [5.74, 6) is 3.04. The third-order valence-corrected chi connectivity index (χ3v) is 4.88. The minimum Gasteiger partial charge on any atom is -0.497 e. The third kappa shape index (κ3) is 2.03. The van der Waals surface area contributed by atoms with Crippen molar-refractivity contribution in [1.82, 2.24) is 0 Å². The molecule has 1 aromatic carbocycles. The summed E-state index contributed by atoms with van der Waals surface area (Å²) in [5, 5.41) is 9.33. The van der Waals surface area contributed by atoms with Crippen LogP contribution in [0.15, 0.2) is 18.2 Å². The molecule has 0 aliphatic heterocycles. The monoisotopic (exact) mass is 246 g/mol. The molecule has 2 nitrogen and oxygen atoms in total. The Hall–Kier alpha value is -1.02. The van der Waals surface area contributed by atoms with E-state index in [-0.39, 0.29) is 0 Å². The number of methoxy groups -OCH3 is 1. The minimum atomic E-state index is 0.374. The van der Waals surface area contributed by atoms with Gasteiger partial charge in [0.05, 0.1) is 7.11 Å². The molecule has 2 aliphatic carbocycles. The molecule has 0 heterocycles. The van der Waals surface area contributed by atoms with Crippen LogP contribution in [0.25, 0.3) is 0 Å². The van der Waals surface area contributed by atoms with Gasteiger partial charge in [0.25, 0.3) is 0 Å². The van der Waals surface area contributed by atoms with Crippen molar-refractivity contribution in [3.8, 4) is 5.75 Å². The Kier molecular flexibility index (Phi) is 3.29. The molecule has 0 radical (unpaired) electrons. The highest BCUT2D eigenvalue weighted by molar-refractivity contribution is 5.40. The first-order chi connectivity index (χ1) is 8.81. The van der Waals surface area contributed by atoms with E-state index in [0.29, 0.717) is 12.5 Å². The van der Waals surface area contributed by atoms with E-state index in [1.807, 2.05) is 0 Å². The fraction of sp³-hybridized carbons (Fsp3) is 0.625. The third-order valence-electron chi connectivity index (χ3n) is 4.88. The Bertz CT molecular complexity index is 427. The predicted molar refractivity (Wildman–Crippen MR) is 72.0 cm³/mol. The molecule has 0 amide bonds. The van der Waals surface area contributed by atoms with E-state index >= 15 is 0 Å². The van der Waals surface area contributed by atoms with Gasteiger partial charge < -0.3 is 9.84 Å². The molecule has 1 aromatic rings. The van der Waals surface area contributed by atoms with Crippen LogP contribution in [0.4, 0.5) is 0 Å². The SMILES string of the molecule is COc1ccc2c(c1)CCC1CC(CO)CCC21. The number of hydrogen-bond acceptors (Lipinski definition) is 2. The van der Waals surface area contributed by atoms with E-state index in [4.69, 9.17) is 4.74 Å². The lowest BCUT2D eigenvalue weighted by Crippen LogP contribution is -2.29. The van der Waals surface area contributed by atoms with Gasteiger partial charge in [0, 0.05) is 6.61 Å². The average molecular weight is 246 g/mol. The molecule has 98 valence electrons. The Morgan fingerprint density at radius 3 is 2.94 bits per heavy atom. The minimum absolute atomic E-state index is 0.374. The molecule has 1 fully saturated rings. The molecule has 1 N–H and O–H groups in total. The van der Waals surface area contributed by atoms with Gasteiger partial charge in [-0.25, -0.2) is 0 Å². The van der Waals surface area contributed by atoms with Crippen LogP contribution in [-0.4, -0.2) is 18.8 Å². The van der Waals surface area contributed by atoms with Crippen molar-refractivity contribution in [3.05, 3.63) is 29.3 Å². The van der Waals surface area contributed by atoms with Gasteiger partial charge in [-0.1, -0.05) is 6.07 Å². The fourth-order valence-corrected chi connectivity index (χ4v) is 3.88. The van der Waals surface area contributed by atoms with Gasteiger partial charge in [-0.2, -0.15) is 0 Å². The summed E-state index contributed by atoms with van der Waals surface area (Å²) in [6, 6.07) is 6.58. The Labute approximate surface area is 109 Å². The molecular weight excluding hydrogens is 224 g/mol. The molecule has 0 saturated heterocycles. The molecule has 2 aliphatic rings. The zero-order chi connectivity index (χ0) is 12.5. The quantitative estimate of drug-likeness (QED) is 0.868. The van der Waals surface area contributed by atoms with E-state index in [1.165, 1.54) is 37.7 Å². The molecule has 0 bridgehead atoms. The van der Waals surface area contributed by atoms with E-state index in [9.17, 15) is 5.11 Å². The second kappa shape index (κ2) is 4.93. The number of aliphatic hydroxyl groups is 1. The maximum absolute atomic E-state index is 9.33. The highest BCUT2D eigenvalue weighted by Crippen LogP contribution is 2.47. The Morgan fingerprint density at radius 2 is 2.17 bits per heavy atom. The normalized spacial score (nSPS) is 30.4. The molecule has 2 heteroatoms. The van der Waals surface area contributed by atoms with Crippen molar-refractivity contribution in [2.45, 2.75) is 38.0 Å². The number of hydrogen-bond donors (Lipinski definition) is 1. The Morgan fingerprint density at radius 1 is 1.28 bits per heavy atom. The zero-order valence-electron chi connectivity index (χ0n) is 11.1. The number of ether oxygens (including phenoxy) is 1. The summed E-state index contributed by atoms with van der Waals surface area (Å²) in [6.07, 6.45) is 6.10. The van der Waals surface area contributed by atoms with Crippen LogP contribution in [0, 0.1) is 11.8 Å². The lowest BCUT2D eigenvalue weighted by molar-refractivity contribution is 0.138. The average Bonchev–Trinajstić information content (AvgIpc) is 2.45. The summed E-state index contributed by atoms with van der Waals surface area (Å²) in [7, 11) is 1.74. The van der Waals surface area contributed by atoms with Crippen molar-refractivity contribution in [2.24, 2.45) is 11.8 Å². The van der Waals surface area contributed by atoms with Gasteiger partial charge in [-0.05, 0) is 73.1 Å². The summed E-state index contributed by atoms with van der Waals surface area (Å²) in [5.41, 5.74) is 3.03. The number of rotatable bonds is 2. The van der Waals surface area contributed by atoms with Gasteiger partial charge >= 0.3 is 0 Å². The number of benzene rings is 1. The van der Waals surface area contributed by atoms with Crippen LogP contribution in [0.2, 0.25) is 0 Å². The highest BCUT2D eigenvalue weighted by Gasteiger charge is 2.34. The summed E-state index contributed by atoms with van der Waals surface area (Å²) < 4.78 is 5.32. The summed E-state index contributed by atoms with van der Waals surface area (Å²) in [6.45, 7) is 0.374. The van der Waals surface area contributed by atoms with Crippen LogP contribution >= 0.6 is 0 Å². The van der Waals surface area contributed by atoms with Gasteiger partial charge in [0.1, 0.15) is 5.75 Å². The first-order valence-electron chi connectivity index (χ1n) is 7.09. The second-order valence-corrected chi connectivity index (χ2v) is 5.83. The molecule has 0 aromatic heterocycles. The van der Waals surface area contributed by atoms with Gasteiger partial charge in [-0.15, -0.1) is 0 Å². The van der Waals surface area contributed by atoms with Crippen LogP contribution in [0.5, 0.6) is 5.75 Å². The van der Waals surface area contributed by atoms with E-state index in [1.54, 1.807) is 12.7 Å². The lowest BCUT2D eigenvalue weighted by atomic mass is 9.65. The standard InChI is InChI=1S/C16H22O2/c1-18-14-5-7-16-13(9-14)4-3-12-8-11(10-17)2-6-15(12)16/h5,7,9,11-12,15,17H,2-4,6,8,10H2,1H3. The smallest absolute Gasteiger partial charge is 0.119 e. The maximum atomic E-state index is 9.33. The fourth-order valence-electron chi connectivity index (χ4n) is 3.88. The molecule has 0 spiro atoms. The molecule has 3 rings (SSSR count). The van der Waals surface area contributed by atoms with E-state index < -0.39 is 0 Å². The van der Waals surface area contributed by atoms with Gasteiger partial charge in [0.15, 0.2) is 0 Å². The molecule has 3 atom stereocenters. The topological polar surface area (TPSA) is 29.5 Å². The van der Waals surface area contributed by atoms with E-state index in [2.05, 4.69) is 18.2 Å². The number of aryl methyl sites for hydroxylation is 1. The number of aliphatic hydroxyl groups excluding tert-OH is 1. The van der Waals surface area contributed by atoms with Crippen molar-refractivity contribution in [1.29, 1.82) is 0 Å². The van der Waals surface area contributed by atoms with Crippen molar-refractivity contribution in [2.75, 3.05) is 13.7 Å². The van der Waals surface area contributed by atoms with Crippen LogP contribution in [-0.2, 0) is 6.42 Å². The number of fused-ring (bicyclic) bond motifs is 3. The van der Waals surface area contributed by atoms with Gasteiger partial charge in [-0.3, -0.25) is 0 Å². The van der Waals surface area contributed by atoms with Crippen LogP contribution in [0.1, 0.15) is 42.7 Å². The van der Waals surface area contributed by atoms with Crippen molar-refractivity contribution in [3.63, 3.8) is 0 Å². The largest absolute Gasteiger partial charge is 0.497 e. The maximum Gasteiger partial charge on any atom is 0.119 e. The highest BCUT2D eigenvalue weighted by atomic mass is 16.5. The van der Waals surface area contributed by atoms with Gasteiger partial charge in [0.2, 0.25) is 0 Å². The Balaban J connectivity index is 1.85. The lowest BCUT2D eigenvalue weighted by Gasteiger charge is -2.40. The molecule has 18 heavy (non-hydrogen) atoms. The first kappa shape index (κ1) is 12.0. The van der Waals surface area contributed by atoms with Crippen molar-refractivity contribution >= 4 is 0 Å². The van der Waals surface area contributed by atoms with Crippen LogP contribution in [0.3, 0.4) is 0 Å². The zero-order valence-corrected chi connectivity index (χ0v) is 11.1. The van der Waals surface area contributed by atoms with Crippen molar-refractivity contribution < 1.29 is 9.84 Å². The summed E-state index contributed by atoms with van der Waals surface area (Å²) in [4.78, 5) is 0. The first-order valence-corrected chi connectivity index (χ1v) is 7.09. The molecule has 1 saturated carbocycles. The molecular formula is C16H22O2. The van der Waals surface area contributed by atoms with Crippen LogP contribution < -0.4 is 4.74 Å². The predicted octanol–water partition coefficient (Wildman–Crippen LogP) is 3.13. The second-order valence-electron chi connectivity index (χ2n) is 5.83. The molecule has 3 unspecified atom stereocenters. The van der Waals surface area contributed by atoms with E-state index in [0.717, 1.165) is 17.6 Å².